The average Bonchev–Trinajstić information content (AvgIpc) is 2.49. The minimum absolute atomic E-state index is 0.0141. The first-order valence-corrected chi connectivity index (χ1v) is 8.88. The molecule has 0 spiro atoms. The van der Waals surface area contributed by atoms with Gasteiger partial charge in [-0.15, -0.1) is 11.8 Å². The van der Waals surface area contributed by atoms with Gasteiger partial charge in [-0.25, -0.2) is 0 Å². The topological polar surface area (TPSA) is 38.3 Å². The lowest BCUT2D eigenvalue weighted by molar-refractivity contribution is -0.113. The molecule has 23 heavy (non-hydrogen) atoms. The minimum Gasteiger partial charge on any atom is -0.491 e. The highest BCUT2D eigenvalue weighted by molar-refractivity contribution is 7.99. The fourth-order valence-electron chi connectivity index (χ4n) is 2.15. The maximum atomic E-state index is 12.0. The molecule has 0 aliphatic rings. The maximum absolute atomic E-state index is 12.0. The number of ether oxygens (including phenoxy) is 1. The molecule has 1 N–H and O–H groups in total. The van der Waals surface area contributed by atoms with Crippen LogP contribution in [0.2, 0.25) is 0 Å². The van der Waals surface area contributed by atoms with Crippen LogP contribution in [0.15, 0.2) is 48.5 Å². The first-order valence-electron chi connectivity index (χ1n) is 7.73. The summed E-state index contributed by atoms with van der Waals surface area (Å²) in [6.07, 6.45) is 0.147. The summed E-state index contributed by atoms with van der Waals surface area (Å²) in [7, 11) is 0. The van der Waals surface area contributed by atoms with E-state index < -0.39 is 0 Å². The van der Waals surface area contributed by atoms with Gasteiger partial charge in [0.05, 0.1) is 11.9 Å². The lowest BCUT2D eigenvalue weighted by atomic mass is 10.2. The van der Waals surface area contributed by atoms with E-state index in [1.807, 2.05) is 44.2 Å². The number of carbonyl (C=O) groups excluding carboxylic acids is 1. The van der Waals surface area contributed by atoms with Crippen molar-refractivity contribution < 1.29 is 9.53 Å². The molecular formula is C19H23NO2S. The van der Waals surface area contributed by atoms with Crippen LogP contribution in [0, 0.1) is 6.92 Å². The van der Waals surface area contributed by atoms with Gasteiger partial charge in [0.2, 0.25) is 5.91 Å². The van der Waals surface area contributed by atoms with E-state index in [1.54, 1.807) is 11.8 Å². The van der Waals surface area contributed by atoms with E-state index in [1.165, 1.54) is 11.1 Å². The predicted octanol–water partition coefficient (Wildman–Crippen LogP) is 4.65. The van der Waals surface area contributed by atoms with E-state index in [9.17, 15) is 4.79 Å². The van der Waals surface area contributed by atoms with Crippen molar-refractivity contribution in [3.8, 4) is 5.75 Å². The van der Waals surface area contributed by atoms with Crippen molar-refractivity contribution in [1.82, 2.24) is 0 Å². The first-order chi connectivity index (χ1) is 11.0. The maximum Gasteiger partial charge on any atom is 0.234 e. The van der Waals surface area contributed by atoms with Crippen LogP contribution in [-0.4, -0.2) is 17.8 Å². The van der Waals surface area contributed by atoms with Gasteiger partial charge in [0.25, 0.3) is 0 Å². The third-order valence-corrected chi connectivity index (χ3v) is 4.10. The molecule has 0 fully saturated rings. The Bertz CT molecular complexity index is 638. The quantitative estimate of drug-likeness (QED) is 0.803. The second-order valence-electron chi connectivity index (χ2n) is 5.72. The molecule has 2 aromatic carbocycles. The molecule has 3 nitrogen and oxygen atoms in total. The molecule has 0 radical (unpaired) electrons. The fraction of sp³-hybridized carbons (Fsp3) is 0.316. The van der Waals surface area contributed by atoms with Gasteiger partial charge in [0.15, 0.2) is 0 Å². The first kappa shape index (κ1) is 17.4. The molecule has 0 aromatic heterocycles. The van der Waals surface area contributed by atoms with Crippen LogP contribution < -0.4 is 10.1 Å². The Morgan fingerprint density at radius 3 is 2.57 bits per heavy atom. The van der Waals surface area contributed by atoms with Crippen molar-refractivity contribution in [1.29, 1.82) is 0 Å². The number of hydrogen-bond donors (Lipinski definition) is 1. The summed E-state index contributed by atoms with van der Waals surface area (Å²) < 4.78 is 5.58. The van der Waals surface area contributed by atoms with Crippen LogP contribution in [0.3, 0.4) is 0 Å². The number of carbonyl (C=O) groups is 1. The van der Waals surface area contributed by atoms with Crippen molar-refractivity contribution in [2.24, 2.45) is 0 Å². The smallest absolute Gasteiger partial charge is 0.234 e. The van der Waals surface area contributed by atoms with Crippen molar-refractivity contribution in [2.75, 3.05) is 11.1 Å². The second-order valence-corrected chi connectivity index (χ2v) is 6.71. The fourth-order valence-corrected chi connectivity index (χ4v) is 2.92. The number of benzene rings is 2. The zero-order valence-electron chi connectivity index (χ0n) is 13.8. The Hall–Kier alpha value is -1.94. The van der Waals surface area contributed by atoms with Gasteiger partial charge in [-0.3, -0.25) is 4.79 Å². The molecule has 1 amide bonds. The number of rotatable bonds is 7. The molecule has 122 valence electrons. The summed E-state index contributed by atoms with van der Waals surface area (Å²) in [6.45, 7) is 6.05. The molecule has 0 aliphatic heterocycles. The third-order valence-electron chi connectivity index (χ3n) is 3.09. The summed E-state index contributed by atoms with van der Waals surface area (Å²) >= 11 is 1.62. The number of nitrogens with one attached hydrogen (secondary N) is 1. The van der Waals surface area contributed by atoms with Crippen molar-refractivity contribution in [3.63, 3.8) is 0 Å². The van der Waals surface area contributed by atoms with Crippen LogP contribution in [0.4, 0.5) is 5.69 Å². The Labute approximate surface area is 142 Å². The van der Waals surface area contributed by atoms with E-state index in [4.69, 9.17) is 4.74 Å². The summed E-state index contributed by atoms with van der Waals surface area (Å²) in [5.41, 5.74) is 3.29. The van der Waals surface area contributed by atoms with E-state index in [0.29, 0.717) is 5.75 Å². The number of thioether (sulfide) groups is 1. The monoisotopic (exact) mass is 329 g/mol. The number of aryl methyl sites for hydroxylation is 1. The Kier molecular flexibility index (Phi) is 6.53. The molecule has 2 aromatic rings. The number of hydrogen-bond acceptors (Lipinski definition) is 3. The highest BCUT2D eigenvalue weighted by atomic mass is 32.2. The van der Waals surface area contributed by atoms with Gasteiger partial charge in [0, 0.05) is 11.4 Å². The van der Waals surface area contributed by atoms with Crippen molar-refractivity contribution in [3.05, 3.63) is 59.7 Å². The Balaban J connectivity index is 1.76. The SMILES string of the molecule is Cc1cccc(CSCC(=O)Nc2ccc(OC(C)C)cc2)c1. The summed E-state index contributed by atoms with van der Waals surface area (Å²) in [4.78, 5) is 12.0. The van der Waals surface area contributed by atoms with E-state index in [0.717, 1.165) is 17.2 Å². The number of amides is 1. The molecule has 0 saturated carbocycles. The molecule has 0 unspecified atom stereocenters. The molecule has 0 aliphatic carbocycles. The molecule has 0 heterocycles. The summed E-state index contributed by atoms with van der Waals surface area (Å²) in [5.74, 6) is 2.11. The van der Waals surface area contributed by atoms with Crippen LogP contribution in [0.1, 0.15) is 25.0 Å². The Morgan fingerprint density at radius 2 is 1.91 bits per heavy atom. The van der Waals surface area contributed by atoms with Crippen molar-refractivity contribution >= 4 is 23.4 Å². The van der Waals surface area contributed by atoms with Gasteiger partial charge in [-0.05, 0) is 50.6 Å². The highest BCUT2D eigenvalue weighted by Gasteiger charge is 2.04. The molecule has 0 saturated heterocycles. The Morgan fingerprint density at radius 1 is 1.17 bits per heavy atom. The zero-order chi connectivity index (χ0) is 16.7. The molecule has 4 heteroatoms. The van der Waals surface area contributed by atoms with Gasteiger partial charge < -0.3 is 10.1 Å². The minimum atomic E-state index is 0.0141. The molecule has 0 bridgehead atoms. The van der Waals surface area contributed by atoms with Gasteiger partial charge in [-0.2, -0.15) is 0 Å². The van der Waals surface area contributed by atoms with Gasteiger partial charge in [-0.1, -0.05) is 29.8 Å². The van der Waals surface area contributed by atoms with Gasteiger partial charge in [0.1, 0.15) is 5.75 Å². The van der Waals surface area contributed by atoms with Crippen molar-refractivity contribution in [2.45, 2.75) is 32.6 Å². The predicted molar refractivity (Wildman–Crippen MR) is 98.2 cm³/mol. The van der Waals surface area contributed by atoms with E-state index in [-0.39, 0.29) is 12.0 Å². The van der Waals surface area contributed by atoms with Gasteiger partial charge >= 0.3 is 0 Å². The lowest BCUT2D eigenvalue weighted by Crippen LogP contribution is -2.14. The molecule has 2 rings (SSSR count). The third kappa shape index (κ3) is 6.37. The average molecular weight is 329 g/mol. The molecule has 0 atom stereocenters. The van der Waals surface area contributed by atoms with Crippen LogP contribution in [0.25, 0.3) is 0 Å². The zero-order valence-corrected chi connectivity index (χ0v) is 14.7. The summed E-state index contributed by atoms with van der Waals surface area (Å²) in [5, 5.41) is 2.90. The molecular weight excluding hydrogens is 306 g/mol. The second kappa shape index (κ2) is 8.63. The largest absolute Gasteiger partial charge is 0.491 e. The summed E-state index contributed by atoms with van der Waals surface area (Å²) in [6, 6.07) is 15.8. The van der Waals surface area contributed by atoms with Crippen LogP contribution in [0.5, 0.6) is 5.75 Å². The highest BCUT2D eigenvalue weighted by Crippen LogP contribution is 2.18. The lowest BCUT2D eigenvalue weighted by Gasteiger charge is -2.10. The van der Waals surface area contributed by atoms with Crippen LogP contribution >= 0.6 is 11.8 Å². The van der Waals surface area contributed by atoms with E-state index in [2.05, 4.69) is 30.4 Å². The van der Waals surface area contributed by atoms with Crippen LogP contribution in [-0.2, 0) is 10.5 Å². The standard InChI is InChI=1S/C19H23NO2S/c1-14(2)22-18-9-7-17(8-10-18)20-19(21)13-23-12-16-6-4-5-15(3)11-16/h4-11,14H,12-13H2,1-3H3,(H,20,21). The normalized spacial score (nSPS) is 10.6. The van der Waals surface area contributed by atoms with E-state index >= 15 is 0 Å². The number of anilines is 1.